The van der Waals surface area contributed by atoms with Gasteiger partial charge in [-0.3, -0.25) is 0 Å². The minimum absolute atomic E-state index is 0.0363. The summed E-state index contributed by atoms with van der Waals surface area (Å²) in [6.45, 7) is 16.1. The molecule has 1 unspecified atom stereocenters. The van der Waals surface area contributed by atoms with Crippen LogP contribution in [0.2, 0.25) is 0 Å². The molecule has 4 heteroatoms. The monoisotopic (exact) mass is 272 g/mol. The second-order valence-electron chi connectivity index (χ2n) is 7.60. The van der Waals surface area contributed by atoms with Crippen molar-refractivity contribution in [3.63, 3.8) is 0 Å². The van der Waals surface area contributed by atoms with Gasteiger partial charge in [0.15, 0.2) is 0 Å². The van der Waals surface area contributed by atoms with Crippen molar-refractivity contribution >= 4 is 6.03 Å². The van der Waals surface area contributed by atoms with E-state index >= 15 is 0 Å². The van der Waals surface area contributed by atoms with Crippen molar-refractivity contribution in [1.29, 1.82) is 0 Å². The van der Waals surface area contributed by atoms with Crippen molar-refractivity contribution in [3.05, 3.63) is 0 Å². The van der Waals surface area contributed by atoms with Crippen molar-refractivity contribution < 1.29 is 9.90 Å². The average molecular weight is 272 g/mol. The maximum Gasteiger partial charge on any atom is 0.317 e. The van der Waals surface area contributed by atoms with Crippen LogP contribution in [0.15, 0.2) is 0 Å². The Morgan fingerprint density at radius 2 is 1.74 bits per heavy atom. The van der Waals surface area contributed by atoms with E-state index in [1.54, 1.807) is 4.90 Å². The Kier molecular flexibility index (Phi) is 6.84. The summed E-state index contributed by atoms with van der Waals surface area (Å²) in [4.78, 5) is 14.1. The number of aliphatic hydroxyl groups excluding tert-OH is 1. The van der Waals surface area contributed by atoms with E-state index in [0.717, 1.165) is 0 Å². The number of carbonyl (C=O) groups excluding carboxylic acids is 1. The third-order valence-electron chi connectivity index (χ3n) is 3.18. The predicted octanol–water partition coefficient (Wildman–Crippen LogP) is 2.86. The van der Waals surface area contributed by atoms with Gasteiger partial charge in [0.2, 0.25) is 0 Å². The smallest absolute Gasteiger partial charge is 0.317 e. The van der Waals surface area contributed by atoms with E-state index in [0.29, 0.717) is 19.5 Å². The van der Waals surface area contributed by atoms with Crippen molar-refractivity contribution in [2.24, 2.45) is 10.8 Å². The Bertz CT molecular complexity index is 277. The standard InChI is InChI=1S/C15H32N2O2/c1-12(15(5,6)7)16-13(19)17(9-8-10-18)11-14(2,3)4/h12,18H,8-11H2,1-7H3,(H,16,19). The highest BCUT2D eigenvalue weighted by molar-refractivity contribution is 5.74. The first kappa shape index (κ1) is 18.2. The molecule has 0 aliphatic carbocycles. The minimum Gasteiger partial charge on any atom is -0.396 e. The lowest BCUT2D eigenvalue weighted by molar-refractivity contribution is 0.154. The Morgan fingerprint density at radius 1 is 1.21 bits per heavy atom. The van der Waals surface area contributed by atoms with Gasteiger partial charge in [-0.2, -0.15) is 0 Å². The SMILES string of the molecule is CC(NC(=O)N(CCCO)CC(C)(C)C)C(C)(C)C. The molecule has 0 fully saturated rings. The van der Waals surface area contributed by atoms with Gasteiger partial charge < -0.3 is 15.3 Å². The third kappa shape index (κ3) is 8.09. The molecule has 2 N–H and O–H groups in total. The highest BCUT2D eigenvalue weighted by Gasteiger charge is 2.26. The number of carbonyl (C=O) groups is 1. The number of rotatable bonds is 5. The van der Waals surface area contributed by atoms with Gasteiger partial charge in [0.05, 0.1) is 0 Å². The van der Waals surface area contributed by atoms with E-state index in [1.165, 1.54) is 0 Å². The molecule has 1 atom stereocenters. The minimum atomic E-state index is -0.0363. The third-order valence-corrected chi connectivity index (χ3v) is 3.18. The van der Waals surface area contributed by atoms with Gasteiger partial charge in [0.25, 0.3) is 0 Å². The molecule has 114 valence electrons. The number of amides is 2. The second-order valence-corrected chi connectivity index (χ2v) is 7.60. The summed E-state index contributed by atoms with van der Waals surface area (Å²) in [7, 11) is 0. The highest BCUT2D eigenvalue weighted by atomic mass is 16.3. The summed E-state index contributed by atoms with van der Waals surface area (Å²) < 4.78 is 0. The van der Waals surface area contributed by atoms with Crippen LogP contribution in [0.5, 0.6) is 0 Å². The quantitative estimate of drug-likeness (QED) is 0.808. The van der Waals surface area contributed by atoms with Crippen LogP contribution in [-0.2, 0) is 0 Å². The molecule has 0 saturated heterocycles. The van der Waals surface area contributed by atoms with Crippen LogP contribution in [0.25, 0.3) is 0 Å². The summed E-state index contributed by atoms with van der Waals surface area (Å²) in [5, 5.41) is 12.0. The van der Waals surface area contributed by atoms with E-state index in [1.807, 2.05) is 6.92 Å². The molecule has 0 aromatic rings. The Labute approximate surface area is 118 Å². The molecule has 0 aliphatic rings. The fourth-order valence-electron chi connectivity index (χ4n) is 1.58. The number of hydrogen-bond donors (Lipinski definition) is 2. The molecule has 19 heavy (non-hydrogen) atoms. The Hall–Kier alpha value is -0.770. The lowest BCUT2D eigenvalue weighted by Gasteiger charge is -2.34. The molecule has 0 saturated carbocycles. The van der Waals surface area contributed by atoms with Crippen LogP contribution >= 0.6 is 0 Å². The maximum absolute atomic E-state index is 12.3. The predicted molar refractivity (Wildman–Crippen MR) is 80.2 cm³/mol. The first-order chi connectivity index (χ1) is 8.47. The molecule has 0 bridgehead atoms. The lowest BCUT2D eigenvalue weighted by Crippen LogP contribution is -2.50. The molecule has 0 spiro atoms. The molecule has 2 amide bonds. The van der Waals surface area contributed by atoms with Gasteiger partial charge in [-0.15, -0.1) is 0 Å². The van der Waals surface area contributed by atoms with Gasteiger partial charge in [-0.25, -0.2) is 4.79 Å². The Morgan fingerprint density at radius 3 is 2.11 bits per heavy atom. The largest absolute Gasteiger partial charge is 0.396 e. The number of nitrogens with one attached hydrogen (secondary N) is 1. The number of urea groups is 1. The van der Waals surface area contributed by atoms with E-state index in [9.17, 15) is 4.79 Å². The van der Waals surface area contributed by atoms with Crippen LogP contribution in [0.3, 0.4) is 0 Å². The molecule has 0 aliphatic heterocycles. The summed E-state index contributed by atoms with van der Waals surface area (Å²) in [6.07, 6.45) is 0.618. The number of aliphatic hydroxyl groups is 1. The highest BCUT2D eigenvalue weighted by Crippen LogP contribution is 2.20. The van der Waals surface area contributed by atoms with Gasteiger partial charge >= 0.3 is 6.03 Å². The average Bonchev–Trinajstić information content (AvgIpc) is 2.20. The molecule has 0 aromatic carbocycles. The molecular weight excluding hydrogens is 240 g/mol. The van der Waals surface area contributed by atoms with E-state index in [-0.39, 0.29) is 29.5 Å². The van der Waals surface area contributed by atoms with Crippen molar-refractivity contribution in [1.82, 2.24) is 10.2 Å². The molecule has 0 aromatic heterocycles. The molecule has 0 rings (SSSR count). The van der Waals surface area contributed by atoms with Gasteiger partial charge in [-0.05, 0) is 24.2 Å². The number of nitrogens with zero attached hydrogens (tertiary/aromatic N) is 1. The maximum atomic E-state index is 12.3. The Balaban J connectivity index is 4.62. The summed E-state index contributed by atoms with van der Waals surface area (Å²) in [6, 6.07) is 0.0717. The van der Waals surface area contributed by atoms with Crippen LogP contribution in [0.4, 0.5) is 4.79 Å². The second kappa shape index (κ2) is 7.13. The first-order valence-corrected chi connectivity index (χ1v) is 7.13. The van der Waals surface area contributed by atoms with E-state index < -0.39 is 0 Å². The first-order valence-electron chi connectivity index (χ1n) is 7.13. The van der Waals surface area contributed by atoms with Crippen LogP contribution in [-0.4, -0.2) is 41.8 Å². The van der Waals surface area contributed by atoms with E-state index in [2.05, 4.69) is 46.9 Å². The zero-order valence-electron chi connectivity index (χ0n) is 13.7. The fourth-order valence-corrected chi connectivity index (χ4v) is 1.58. The molecular formula is C15H32N2O2. The lowest BCUT2D eigenvalue weighted by atomic mass is 9.88. The summed E-state index contributed by atoms with van der Waals surface area (Å²) in [5.74, 6) is 0. The topological polar surface area (TPSA) is 52.6 Å². The van der Waals surface area contributed by atoms with Crippen molar-refractivity contribution in [3.8, 4) is 0 Å². The van der Waals surface area contributed by atoms with Gasteiger partial charge in [0.1, 0.15) is 0 Å². The van der Waals surface area contributed by atoms with E-state index in [4.69, 9.17) is 5.11 Å². The number of hydrogen-bond acceptors (Lipinski definition) is 2. The van der Waals surface area contributed by atoms with Crippen LogP contribution < -0.4 is 5.32 Å². The van der Waals surface area contributed by atoms with Crippen molar-refractivity contribution in [2.45, 2.75) is 60.9 Å². The van der Waals surface area contributed by atoms with Gasteiger partial charge in [-0.1, -0.05) is 41.5 Å². The summed E-state index contributed by atoms with van der Waals surface area (Å²) >= 11 is 0. The van der Waals surface area contributed by atoms with Crippen LogP contribution in [0, 0.1) is 10.8 Å². The van der Waals surface area contributed by atoms with Crippen LogP contribution in [0.1, 0.15) is 54.9 Å². The molecule has 0 heterocycles. The molecule has 4 nitrogen and oxygen atoms in total. The zero-order valence-corrected chi connectivity index (χ0v) is 13.7. The zero-order chi connectivity index (χ0) is 15.3. The fraction of sp³-hybridized carbons (Fsp3) is 0.933. The van der Waals surface area contributed by atoms with Gasteiger partial charge in [0, 0.05) is 25.7 Å². The summed E-state index contributed by atoms with van der Waals surface area (Å²) in [5.41, 5.74) is 0.0950. The van der Waals surface area contributed by atoms with Crippen molar-refractivity contribution in [2.75, 3.05) is 19.7 Å². The normalized spacial score (nSPS) is 14.1. The molecule has 0 radical (unpaired) electrons.